The number of carbonyl (C=O) groups excluding carboxylic acids is 1. The lowest BCUT2D eigenvalue weighted by molar-refractivity contribution is -0.0499. The van der Waals surface area contributed by atoms with Crippen LogP contribution in [-0.2, 0) is 0 Å². The van der Waals surface area contributed by atoms with Gasteiger partial charge in [-0.3, -0.25) is 4.79 Å². The highest BCUT2D eigenvalue weighted by Gasteiger charge is 2.23. The van der Waals surface area contributed by atoms with E-state index in [1.54, 1.807) is 17.0 Å². The first-order chi connectivity index (χ1) is 9.60. The van der Waals surface area contributed by atoms with E-state index in [0.717, 1.165) is 12.8 Å². The fourth-order valence-electron chi connectivity index (χ4n) is 2.39. The molecular weight excluding hydrogens is 302 g/mol. The number of hydrogen-bond acceptors (Lipinski definition) is 3. The third kappa shape index (κ3) is 4.82. The minimum Gasteiger partial charge on any atom is -0.435 e. The summed E-state index contributed by atoms with van der Waals surface area (Å²) in [6, 6.07) is 6.22. The van der Waals surface area contributed by atoms with Gasteiger partial charge < -0.3 is 15.0 Å². The summed E-state index contributed by atoms with van der Waals surface area (Å²) in [7, 11) is 1.87. The number of benzene rings is 1. The summed E-state index contributed by atoms with van der Waals surface area (Å²) in [5, 5.41) is 3.16. The Labute approximate surface area is 128 Å². The van der Waals surface area contributed by atoms with E-state index in [-0.39, 0.29) is 30.1 Å². The Kier molecular flexibility index (Phi) is 6.84. The van der Waals surface area contributed by atoms with Crippen molar-refractivity contribution in [1.82, 2.24) is 10.2 Å². The first-order valence-corrected chi connectivity index (χ1v) is 6.61. The van der Waals surface area contributed by atoms with Crippen LogP contribution in [0.5, 0.6) is 5.75 Å². The van der Waals surface area contributed by atoms with Gasteiger partial charge in [0.05, 0.1) is 0 Å². The molecule has 118 valence electrons. The molecule has 1 aliphatic rings. The molecule has 1 atom stereocenters. The lowest BCUT2D eigenvalue weighted by atomic mass is 10.0. The lowest BCUT2D eigenvalue weighted by Crippen LogP contribution is -2.46. The van der Waals surface area contributed by atoms with Crippen LogP contribution in [0, 0.1) is 0 Å². The molecule has 1 saturated heterocycles. The average Bonchev–Trinajstić information content (AvgIpc) is 2.46. The minimum absolute atomic E-state index is 0. The fourth-order valence-corrected chi connectivity index (χ4v) is 2.39. The number of rotatable bonds is 4. The van der Waals surface area contributed by atoms with Gasteiger partial charge in [0.15, 0.2) is 0 Å². The summed E-state index contributed by atoms with van der Waals surface area (Å²) in [4.78, 5) is 14.1. The van der Waals surface area contributed by atoms with Crippen molar-refractivity contribution < 1.29 is 18.3 Å². The van der Waals surface area contributed by atoms with Crippen LogP contribution in [0.2, 0.25) is 0 Å². The second-order valence-corrected chi connectivity index (χ2v) is 4.79. The van der Waals surface area contributed by atoms with Gasteiger partial charge in [-0.25, -0.2) is 0 Å². The van der Waals surface area contributed by atoms with Crippen molar-refractivity contribution in [3.05, 3.63) is 29.8 Å². The summed E-state index contributed by atoms with van der Waals surface area (Å²) < 4.78 is 28.7. The van der Waals surface area contributed by atoms with Crippen molar-refractivity contribution in [2.75, 3.05) is 20.1 Å². The molecular formula is C14H19ClF2N2O2. The number of nitrogens with zero attached hydrogens (tertiary/aromatic N) is 1. The van der Waals surface area contributed by atoms with E-state index < -0.39 is 6.61 Å². The number of carbonyl (C=O) groups is 1. The van der Waals surface area contributed by atoms with Gasteiger partial charge >= 0.3 is 6.61 Å². The Bertz CT molecular complexity index is 474. The first-order valence-electron chi connectivity index (χ1n) is 6.61. The molecule has 0 aromatic heterocycles. The maximum Gasteiger partial charge on any atom is 0.387 e. The molecule has 1 unspecified atom stereocenters. The fraction of sp³-hybridized carbons (Fsp3) is 0.500. The number of piperidine rings is 1. The van der Waals surface area contributed by atoms with Gasteiger partial charge in [0.1, 0.15) is 5.75 Å². The first kappa shape index (κ1) is 17.7. The second-order valence-electron chi connectivity index (χ2n) is 4.79. The number of hydrogen-bond donors (Lipinski definition) is 1. The Morgan fingerprint density at radius 3 is 2.90 bits per heavy atom. The molecule has 0 bridgehead atoms. The van der Waals surface area contributed by atoms with Gasteiger partial charge in [0.2, 0.25) is 0 Å². The molecule has 21 heavy (non-hydrogen) atoms. The number of halogens is 3. The maximum absolute atomic E-state index is 12.4. The molecule has 1 aromatic rings. The molecule has 1 aliphatic heterocycles. The van der Waals surface area contributed by atoms with Crippen LogP contribution in [-0.4, -0.2) is 43.6 Å². The quantitative estimate of drug-likeness (QED) is 0.927. The van der Waals surface area contributed by atoms with Crippen LogP contribution < -0.4 is 10.1 Å². The smallest absolute Gasteiger partial charge is 0.387 e. The highest BCUT2D eigenvalue weighted by Crippen LogP contribution is 2.19. The molecule has 1 amide bonds. The SMILES string of the molecule is CNC1CCCN(C(=O)c2cccc(OC(F)F)c2)C1.Cl. The zero-order valence-corrected chi connectivity index (χ0v) is 12.5. The average molecular weight is 321 g/mol. The molecule has 2 rings (SSSR count). The van der Waals surface area contributed by atoms with Crippen LogP contribution in [0.1, 0.15) is 23.2 Å². The van der Waals surface area contributed by atoms with Gasteiger partial charge in [-0.2, -0.15) is 8.78 Å². The molecule has 0 radical (unpaired) electrons. The van der Waals surface area contributed by atoms with Crippen molar-refractivity contribution >= 4 is 18.3 Å². The van der Waals surface area contributed by atoms with E-state index in [1.165, 1.54) is 12.1 Å². The molecule has 1 aromatic carbocycles. The Balaban J connectivity index is 0.00000220. The van der Waals surface area contributed by atoms with Gasteiger partial charge in [-0.05, 0) is 38.1 Å². The second kappa shape index (κ2) is 8.14. The summed E-state index contributed by atoms with van der Waals surface area (Å²) in [6.07, 6.45) is 1.97. The van der Waals surface area contributed by atoms with Gasteiger partial charge in [-0.1, -0.05) is 6.07 Å². The van der Waals surface area contributed by atoms with E-state index in [0.29, 0.717) is 18.7 Å². The molecule has 4 nitrogen and oxygen atoms in total. The van der Waals surface area contributed by atoms with E-state index in [9.17, 15) is 13.6 Å². The molecule has 0 saturated carbocycles. The van der Waals surface area contributed by atoms with Crippen LogP contribution in [0.4, 0.5) is 8.78 Å². The molecule has 7 heteroatoms. The third-order valence-corrected chi connectivity index (χ3v) is 3.42. The zero-order chi connectivity index (χ0) is 14.5. The summed E-state index contributed by atoms with van der Waals surface area (Å²) in [6.45, 7) is -1.56. The van der Waals surface area contributed by atoms with E-state index in [4.69, 9.17) is 0 Å². The van der Waals surface area contributed by atoms with Crippen LogP contribution in [0.3, 0.4) is 0 Å². The van der Waals surface area contributed by atoms with Gasteiger partial charge in [-0.15, -0.1) is 12.4 Å². The number of amides is 1. The maximum atomic E-state index is 12.4. The highest BCUT2D eigenvalue weighted by molar-refractivity contribution is 5.94. The lowest BCUT2D eigenvalue weighted by Gasteiger charge is -2.32. The Hall–Kier alpha value is -1.40. The monoisotopic (exact) mass is 320 g/mol. The van der Waals surface area contributed by atoms with Gasteiger partial charge in [0.25, 0.3) is 5.91 Å². The topological polar surface area (TPSA) is 41.6 Å². The molecule has 1 heterocycles. The number of ether oxygens (including phenoxy) is 1. The summed E-state index contributed by atoms with van der Waals surface area (Å²) in [5.74, 6) is -0.141. The Morgan fingerprint density at radius 2 is 2.24 bits per heavy atom. The molecule has 0 aliphatic carbocycles. The van der Waals surface area contributed by atoms with E-state index in [2.05, 4.69) is 10.1 Å². The summed E-state index contributed by atoms with van der Waals surface area (Å²) in [5.41, 5.74) is 0.375. The largest absolute Gasteiger partial charge is 0.435 e. The minimum atomic E-state index is -2.89. The predicted molar refractivity (Wildman–Crippen MR) is 78.3 cm³/mol. The normalized spacial score (nSPS) is 18.3. The van der Waals surface area contributed by atoms with Crippen molar-refractivity contribution in [2.45, 2.75) is 25.5 Å². The van der Waals surface area contributed by atoms with Gasteiger partial charge in [0, 0.05) is 24.7 Å². The Morgan fingerprint density at radius 1 is 1.48 bits per heavy atom. The number of alkyl halides is 2. The predicted octanol–water partition coefficient (Wildman–Crippen LogP) is 2.53. The number of likely N-dealkylation sites (N-methyl/N-ethyl adjacent to an activating group) is 1. The van der Waals surface area contributed by atoms with Crippen molar-refractivity contribution in [2.24, 2.45) is 0 Å². The van der Waals surface area contributed by atoms with Crippen molar-refractivity contribution in [3.63, 3.8) is 0 Å². The summed E-state index contributed by atoms with van der Waals surface area (Å²) >= 11 is 0. The van der Waals surface area contributed by atoms with E-state index in [1.807, 2.05) is 7.05 Å². The molecule has 0 spiro atoms. The highest BCUT2D eigenvalue weighted by atomic mass is 35.5. The van der Waals surface area contributed by atoms with Crippen LogP contribution >= 0.6 is 12.4 Å². The van der Waals surface area contributed by atoms with E-state index >= 15 is 0 Å². The van der Waals surface area contributed by atoms with Crippen LogP contribution in [0.25, 0.3) is 0 Å². The standard InChI is InChI=1S/C14H18F2N2O2.ClH/c1-17-11-5-3-7-18(9-11)13(19)10-4-2-6-12(8-10)20-14(15)16;/h2,4,6,8,11,14,17H,3,5,7,9H2,1H3;1H. The third-order valence-electron chi connectivity index (χ3n) is 3.42. The molecule has 1 fully saturated rings. The van der Waals surface area contributed by atoms with Crippen molar-refractivity contribution in [3.8, 4) is 5.75 Å². The molecule has 1 N–H and O–H groups in total. The van der Waals surface area contributed by atoms with Crippen molar-refractivity contribution in [1.29, 1.82) is 0 Å². The van der Waals surface area contributed by atoms with Crippen LogP contribution in [0.15, 0.2) is 24.3 Å². The zero-order valence-electron chi connectivity index (χ0n) is 11.7. The number of nitrogens with one attached hydrogen (secondary N) is 1. The number of likely N-dealkylation sites (tertiary alicyclic amines) is 1.